The quantitative estimate of drug-likeness (QED) is 0.568. The first-order valence-electron chi connectivity index (χ1n) is 6.41. The first kappa shape index (κ1) is 13.8. The molecule has 94 valence electrons. The average Bonchev–Trinajstić information content (AvgIpc) is 2.26. The lowest BCUT2D eigenvalue weighted by atomic mass is 10.2. The Kier molecular flexibility index (Phi) is 5.59. The Bertz CT molecular complexity index is 253. The van der Waals surface area contributed by atoms with Gasteiger partial charge in [0, 0.05) is 12.8 Å². The Balaban J connectivity index is 0.00000128. The van der Waals surface area contributed by atoms with E-state index in [1.807, 2.05) is 0 Å². The van der Waals surface area contributed by atoms with Gasteiger partial charge in [0.1, 0.15) is 0 Å². The molecule has 0 N–H and O–H groups in total. The summed E-state index contributed by atoms with van der Waals surface area (Å²) in [5.41, 5.74) is 0. The number of fused-ring (bicyclic) bond motifs is 1. The van der Waals surface area contributed by atoms with E-state index in [4.69, 9.17) is 0 Å². The Morgan fingerprint density at radius 1 is 1.19 bits per heavy atom. The lowest BCUT2D eigenvalue weighted by Crippen LogP contribution is -3.00. The van der Waals surface area contributed by atoms with E-state index >= 15 is 0 Å². The summed E-state index contributed by atoms with van der Waals surface area (Å²) in [7, 11) is 2.24. The molecule has 4 heteroatoms. The van der Waals surface area contributed by atoms with Gasteiger partial charge in [-0.15, -0.1) is 0 Å². The molecule has 1 fully saturated rings. The highest BCUT2D eigenvalue weighted by Gasteiger charge is 2.33. The molecule has 2 heterocycles. The molecule has 0 amide bonds. The maximum Gasteiger partial charge on any atom is 0.350 e. The van der Waals surface area contributed by atoms with E-state index in [9.17, 15) is 0 Å². The first-order chi connectivity index (χ1) is 7.33. The summed E-state index contributed by atoms with van der Waals surface area (Å²) in [6.07, 6.45) is 5.28. The summed E-state index contributed by atoms with van der Waals surface area (Å²) in [6.45, 7) is 8.54. The van der Waals surface area contributed by atoms with Gasteiger partial charge in [-0.05, 0) is 6.42 Å². The largest absolute Gasteiger partial charge is 1.00 e. The van der Waals surface area contributed by atoms with Crippen molar-refractivity contribution in [1.82, 2.24) is 9.80 Å². The normalized spacial score (nSPS) is 20.6. The van der Waals surface area contributed by atoms with E-state index in [2.05, 4.69) is 28.3 Å². The molecule has 0 aromatic carbocycles. The molecule has 0 aromatic heterocycles. The number of halogens is 1. The van der Waals surface area contributed by atoms with Crippen LogP contribution in [0.15, 0.2) is 0 Å². The van der Waals surface area contributed by atoms with Gasteiger partial charge in [0.25, 0.3) is 0 Å². The van der Waals surface area contributed by atoms with Crippen LogP contribution in [0, 0.1) is 0 Å². The molecule has 0 atom stereocenters. The average molecular weight is 290 g/mol. The van der Waals surface area contributed by atoms with Crippen LogP contribution in [0.1, 0.15) is 32.6 Å². The smallest absolute Gasteiger partial charge is 0.350 e. The van der Waals surface area contributed by atoms with Crippen molar-refractivity contribution in [2.24, 2.45) is 0 Å². The number of guanidine groups is 1. The predicted octanol–water partition coefficient (Wildman–Crippen LogP) is -1.80. The van der Waals surface area contributed by atoms with Crippen LogP contribution >= 0.6 is 0 Å². The Hall–Kier alpha value is -0.250. The molecule has 3 nitrogen and oxygen atoms in total. The number of hydrogen-bond acceptors (Lipinski definition) is 2. The van der Waals surface area contributed by atoms with Crippen molar-refractivity contribution in [2.75, 3.05) is 39.8 Å². The van der Waals surface area contributed by atoms with E-state index in [0.29, 0.717) is 0 Å². The molecule has 0 saturated carbocycles. The van der Waals surface area contributed by atoms with Gasteiger partial charge in [-0.25, -0.2) is 0 Å². The highest BCUT2D eigenvalue weighted by Crippen LogP contribution is 2.12. The van der Waals surface area contributed by atoms with Crippen molar-refractivity contribution >= 4 is 5.96 Å². The molecule has 0 bridgehead atoms. The summed E-state index contributed by atoms with van der Waals surface area (Å²) >= 11 is 0. The second kappa shape index (κ2) is 6.48. The molecule has 16 heavy (non-hydrogen) atoms. The predicted molar refractivity (Wildman–Crippen MR) is 63.3 cm³/mol. The van der Waals surface area contributed by atoms with E-state index < -0.39 is 0 Å². The maximum absolute atomic E-state index is 2.59. The minimum atomic E-state index is 0. The summed E-state index contributed by atoms with van der Waals surface area (Å²) in [5.74, 6) is 1.50. The second-order valence-electron chi connectivity index (χ2n) is 4.76. The van der Waals surface area contributed by atoms with E-state index in [1.165, 1.54) is 64.4 Å². The third-order valence-electron chi connectivity index (χ3n) is 3.47. The van der Waals surface area contributed by atoms with Crippen LogP contribution in [-0.4, -0.2) is 60.1 Å². The maximum atomic E-state index is 2.59. The summed E-state index contributed by atoms with van der Waals surface area (Å²) in [4.78, 5) is 5.01. The fourth-order valence-electron chi connectivity index (χ4n) is 2.71. The number of rotatable bonds is 3. The first-order valence-corrected chi connectivity index (χ1v) is 6.41. The van der Waals surface area contributed by atoms with Gasteiger partial charge in [0.15, 0.2) is 0 Å². The molecule has 0 radical (unpaired) electrons. The summed E-state index contributed by atoms with van der Waals surface area (Å²) in [6, 6.07) is 0. The summed E-state index contributed by atoms with van der Waals surface area (Å²) in [5, 5.41) is 0. The zero-order chi connectivity index (χ0) is 10.7. The number of unbranched alkanes of at least 4 members (excludes halogenated alkanes) is 1. The van der Waals surface area contributed by atoms with Crippen LogP contribution in [0.3, 0.4) is 0 Å². The highest BCUT2D eigenvalue weighted by molar-refractivity contribution is 5.76. The molecule has 0 aliphatic carbocycles. The molecular formula is C12H24BrN3. The van der Waals surface area contributed by atoms with Crippen molar-refractivity contribution in [3.63, 3.8) is 0 Å². The van der Waals surface area contributed by atoms with Crippen LogP contribution in [0.4, 0.5) is 0 Å². The van der Waals surface area contributed by atoms with Gasteiger partial charge in [-0.3, -0.25) is 14.4 Å². The fourth-order valence-corrected chi connectivity index (χ4v) is 2.71. The van der Waals surface area contributed by atoms with Crippen LogP contribution in [0.5, 0.6) is 0 Å². The van der Waals surface area contributed by atoms with Gasteiger partial charge < -0.3 is 17.0 Å². The SMILES string of the molecule is CCCC[N+]1=C2N(C)CCCN2CCC1.[Br-]. The van der Waals surface area contributed by atoms with Crippen LogP contribution in [-0.2, 0) is 0 Å². The summed E-state index contributed by atoms with van der Waals surface area (Å²) < 4.78 is 2.59. The van der Waals surface area contributed by atoms with E-state index in [-0.39, 0.29) is 17.0 Å². The molecular weight excluding hydrogens is 266 g/mol. The van der Waals surface area contributed by atoms with Crippen molar-refractivity contribution in [1.29, 1.82) is 0 Å². The zero-order valence-corrected chi connectivity index (χ0v) is 12.2. The second-order valence-corrected chi connectivity index (χ2v) is 4.76. The standard InChI is InChI=1S/C12H24N3.BrH/c1-3-4-8-14-10-6-11-15-9-5-7-13(2)12(14)15;/h3-11H2,1-2H3;1H/q+1;/p-1. The molecule has 0 spiro atoms. The molecule has 2 aliphatic heterocycles. The molecule has 2 aliphatic rings. The lowest BCUT2D eigenvalue weighted by molar-refractivity contribution is -0.544. The lowest BCUT2D eigenvalue weighted by Gasteiger charge is -2.35. The van der Waals surface area contributed by atoms with Crippen molar-refractivity contribution in [3.8, 4) is 0 Å². The van der Waals surface area contributed by atoms with Gasteiger partial charge in [0.2, 0.25) is 0 Å². The third-order valence-corrected chi connectivity index (χ3v) is 3.47. The van der Waals surface area contributed by atoms with Gasteiger partial charge in [0.05, 0.1) is 39.8 Å². The molecule has 1 saturated heterocycles. The molecule has 0 aromatic rings. The van der Waals surface area contributed by atoms with Crippen molar-refractivity contribution < 1.29 is 21.6 Å². The van der Waals surface area contributed by atoms with E-state index in [0.717, 1.165) is 0 Å². The number of hydrogen-bond donors (Lipinski definition) is 0. The highest BCUT2D eigenvalue weighted by atomic mass is 79.9. The monoisotopic (exact) mass is 289 g/mol. The zero-order valence-electron chi connectivity index (χ0n) is 10.6. The minimum Gasteiger partial charge on any atom is -1.00 e. The van der Waals surface area contributed by atoms with Gasteiger partial charge >= 0.3 is 5.96 Å². The fraction of sp³-hybridized carbons (Fsp3) is 0.917. The Morgan fingerprint density at radius 2 is 1.94 bits per heavy atom. The van der Waals surface area contributed by atoms with Crippen molar-refractivity contribution in [2.45, 2.75) is 32.6 Å². The Labute approximate surface area is 110 Å². The van der Waals surface area contributed by atoms with Gasteiger partial charge in [-0.2, -0.15) is 0 Å². The third kappa shape index (κ3) is 2.90. The molecule has 0 unspecified atom stereocenters. The van der Waals surface area contributed by atoms with Crippen LogP contribution < -0.4 is 17.0 Å². The van der Waals surface area contributed by atoms with E-state index in [1.54, 1.807) is 0 Å². The topological polar surface area (TPSA) is 9.49 Å². The minimum absolute atomic E-state index is 0. The molecule has 2 rings (SSSR count). The van der Waals surface area contributed by atoms with Crippen LogP contribution in [0.2, 0.25) is 0 Å². The number of nitrogens with zero attached hydrogens (tertiary/aromatic N) is 3. The van der Waals surface area contributed by atoms with Gasteiger partial charge in [-0.1, -0.05) is 13.3 Å². The van der Waals surface area contributed by atoms with Crippen molar-refractivity contribution in [3.05, 3.63) is 0 Å². The van der Waals surface area contributed by atoms with Crippen LogP contribution in [0.25, 0.3) is 0 Å². The Morgan fingerprint density at radius 3 is 2.69 bits per heavy atom.